The Bertz CT molecular complexity index is 1010. The van der Waals surface area contributed by atoms with Gasteiger partial charge >= 0.3 is 0 Å². The van der Waals surface area contributed by atoms with E-state index < -0.39 is 0 Å². The van der Waals surface area contributed by atoms with Crippen molar-refractivity contribution in [2.24, 2.45) is 5.92 Å². The fourth-order valence-electron chi connectivity index (χ4n) is 4.51. The first-order chi connectivity index (χ1) is 16.0. The minimum absolute atomic E-state index is 0.0917. The van der Waals surface area contributed by atoms with Crippen LogP contribution in [-0.4, -0.2) is 42.5 Å². The maximum Gasteiger partial charge on any atom is 0.292 e. The number of anilines is 2. The smallest absolute Gasteiger partial charge is 0.292 e. The molecule has 0 aromatic heterocycles. The average Bonchev–Trinajstić information content (AvgIpc) is 2.83. The highest BCUT2D eigenvalue weighted by molar-refractivity contribution is 5.70. The lowest BCUT2D eigenvalue weighted by Gasteiger charge is -2.37. The SMILES string of the molecule is CC(C)CN1CCN(c2ccc([N+](=O)[O-])c(NC(c3ccccc3)c3ccccc3)c2)CC1. The monoisotopic (exact) mass is 444 g/mol. The van der Waals surface area contributed by atoms with Gasteiger partial charge in [-0.05, 0) is 29.2 Å². The van der Waals surface area contributed by atoms with E-state index in [2.05, 4.69) is 29.0 Å². The van der Waals surface area contributed by atoms with Gasteiger partial charge in [0, 0.05) is 44.5 Å². The molecule has 0 bridgehead atoms. The van der Waals surface area contributed by atoms with E-state index in [-0.39, 0.29) is 16.7 Å². The summed E-state index contributed by atoms with van der Waals surface area (Å²) in [6.45, 7) is 9.46. The summed E-state index contributed by atoms with van der Waals surface area (Å²) in [4.78, 5) is 16.4. The molecule has 0 spiro atoms. The first-order valence-corrected chi connectivity index (χ1v) is 11.6. The van der Waals surface area contributed by atoms with Gasteiger partial charge < -0.3 is 10.2 Å². The molecule has 1 fully saturated rings. The van der Waals surface area contributed by atoms with Gasteiger partial charge in [-0.3, -0.25) is 15.0 Å². The zero-order chi connectivity index (χ0) is 23.2. The minimum Gasteiger partial charge on any atom is -0.369 e. The zero-order valence-electron chi connectivity index (χ0n) is 19.4. The van der Waals surface area contributed by atoms with Gasteiger partial charge in [-0.15, -0.1) is 0 Å². The lowest BCUT2D eigenvalue weighted by atomic mass is 9.98. The number of benzene rings is 3. The van der Waals surface area contributed by atoms with Crippen molar-refractivity contribution in [1.82, 2.24) is 4.90 Å². The van der Waals surface area contributed by atoms with Gasteiger partial charge in [-0.2, -0.15) is 0 Å². The molecule has 3 aromatic rings. The van der Waals surface area contributed by atoms with Crippen molar-refractivity contribution in [2.45, 2.75) is 19.9 Å². The van der Waals surface area contributed by atoms with Crippen LogP contribution in [0, 0.1) is 16.0 Å². The number of hydrogen-bond acceptors (Lipinski definition) is 5. The molecule has 1 N–H and O–H groups in total. The highest BCUT2D eigenvalue weighted by Gasteiger charge is 2.23. The van der Waals surface area contributed by atoms with Crippen LogP contribution < -0.4 is 10.2 Å². The minimum atomic E-state index is -0.306. The van der Waals surface area contributed by atoms with Crippen LogP contribution in [0.25, 0.3) is 0 Å². The number of nitro benzene ring substituents is 1. The quantitative estimate of drug-likeness (QED) is 0.363. The van der Waals surface area contributed by atoms with Crippen molar-refractivity contribution in [3.8, 4) is 0 Å². The third kappa shape index (κ3) is 5.71. The Morgan fingerprint density at radius 2 is 1.45 bits per heavy atom. The second-order valence-electron chi connectivity index (χ2n) is 9.04. The predicted octanol–water partition coefficient (Wildman–Crippen LogP) is 5.57. The molecule has 6 heteroatoms. The molecule has 0 aliphatic carbocycles. The van der Waals surface area contributed by atoms with E-state index >= 15 is 0 Å². The van der Waals surface area contributed by atoms with Gasteiger partial charge in [0.05, 0.1) is 11.0 Å². The van der Waals surface area contributed by atoms with E-state index in [1.165, 1.54) is 0 Å². The number of piperazine rings is 1. The van der Waals surface area contributed by atoms with E-state index in [0.717, 1.165) is 49.5 Å². The average molecular weight is 445 g/mol. The first kappa shape index (κ1) is 22.8. The van der Waals surface area contributed by atoms with Gasteiger partial charge in [0.25, 0.3) is 5.69 Å². The number of nitro groups is 1. The van der Waals surface area contributed by atoms with Crippen LogP contribution in [0.3, 0.4) is 0 Å². The third-order valence-corrected chi connectivity index (χ3v) is 6.10. The molecular weight excluding hydrogens is 412 g/mol. The molecule has 4 rings (SSSR count). The molecule has 1 saturated heterocycles. The van der Waals surface area contributed by atoms with Crippen molar-refractivity contribution >= 4 is 17.1 Å². The fourth-order valence-corrected chi connectivity index (χ4v) is 4.51. The lowest BCUT2D eigenvalue weighted by Crippen LogP contribution is -2.47. The van der Waals surface area contributed by atoms with Crippen LogP contribution >= 0.6 is 0 Å². The summed E-state index contributed by atoms with van der Waals surface area (Å²) in [5.74, 6) is 0.652. The highest BCUT2D eigenvalue weighted by Crippen LogP contribution is 2.35. The summed E-state index contributed by atoms with van der Waals surface area (Å²) in [5, 5.41) is 15.4. The molecule has 0 amide bonds. The summed E-state index contributed by atoms with van der Waals surface area (Å²) >= 11 is 0. The molecule has 0 saturated carbocycles. The van der Waals surface area contributed by atoms with Crippen molar-refractivity contribution in [3.05, 3.63) is 100 Å². The fraction of sp³-hybridized carbons (Fsp3) is 0.333. The second kappa shape index (κ2) is 10.5. The molecular formula is C27H32N4O2. The maximum atomic E-state index is 11.9. The van der Waals surface area contributed by atoms with Crippen molar-refractivity contribution < 1.29 is 4.92 Å². The number of hydrogen-bond donors (Lipinski definition) is 1. The molecule has 172 valence electrons. The van der Waals surface area contributed by atoms with E-state index in [4.69, 9.17) is 0 Å². The Balaban J connectivity index is 1.62. The van der Waals surface area contributed by atoms with E-state index in [0.29, 0.717) is 11.6 Å². The van der Waals surface area contributed by atoms with Gasteiger partial charge in [-0.1, -0.05) is 74.5 Å². The zero-order valence-corrected chi connectivity index (χ0v) is 19.4. The molecule has 0 unspecified atom stereocenters. The maximum absolute atomic E-state index is 11.9. The van der Waals surface area contributed by atoms with Gasteiger partial charge in [0.2, 0.25) is 0 Å². The summed E-state index contributed by atoms with van der Waals surface area (Å²) < 4.78 is 0. The Morgan fingerprint density at radius 1 is 0.879 bits per heavy atom. The summed E-state index contributed by atoms with van der Waals surface area (Å²) in [5.41, 5.74) is 3.78. The first-order valence-electron chi connectivity index (χ1n) is 11.6. The molecule has 0 radical (unpaired) electrons. The molecule has 6 nitrogen and oxygen atoms in total. The molecule has 33 heavy (non-hydrogen) atoms. The number of nitrogens with zero attached hydrogens (tertiary/aromatic N) is 3. The van der Waals surface area contributed by atoms with Crippen LogP contribution in [0.2, 0.25) is 0 Å². The van der Waals surface area contributed by atoms with Crippen molar-refractivity contribution in [2.75, 3.05) is 42.9 Å². The van der Waals surface area contributed by atoms with Crippen LogP contribution in [-0.2, 0) is 0 Å². The lowest BCUT2D eigenvalue weighted by molar-refractivity contribution is -0.384. The molecule has 1 aliphatic rings. The topological polar surface area (TPSA) is 61.7 Å². The predicted molar refractivity (Wildman–Crippen MR) is 135 cm³/mol. The Labute approximate surface area is 196 Å². The summed E-state index contributed by atoms with van der Waals surface area (Å²) in [7, 11) is 0. The van der Waals surface area contributed by atoms with Gasteiger partial charge in [0.15, 0.2) is 0 Å². The van der Waals surface area contributed by atoms with E-state index in [1.807, 2.05) is 72.8 Å². The standard InChI is InChI=1S/C27H32N4O2/c1-21(2)20-29-15-17-30(18-16-29)24-13-14-26(31(32)33)25(19-24)28-27(22-9-5-3-6-10-22)23-11-7-4-8-12-23/h3-14,19,21,27-28H,15-18,20H2,1-2H3. The van der Waals surface area contributed by atoms with Crippen molar-refractivity contribution in [3.63, 3.8) is 0 Å². The van der Waals surface area contributed by atoms with Gasteiger partial charge in [0.1, 0.15) is 5.69 Å². The summed E-state index contributed by atoms with van der Waals surface area (Å²) in [6, 6.07) is 25.4. The largest absolute Gasteiger partial charge is 0.369 e. The van der Waals surface area contributed by atoms with E-state index in [9.17, 15) is 10.1 Å². The Kier molecular flexibility index (Phi) is 7.25. The van der Waals surface area contributed by atoms with Crippen molar-refractivity contribution in [1.29, 1.82) is 0 Å². The molecule has 0 atom stereocenters. The summed E-state index contributed by atoms with van der Waals surface area (Å²) in [6.07, 6.45) is 0. The Hall–Kier alpha value is -3.38. The highest BCUT2D eigenvalue weighted by atomic mass is 16.6. The second-order valence-corrected chi connectivity index (χ2v) is 9.04. The van der Waals surface area contributed by atoms with Crippen LogP contribution in [0.5, 0.6) is 0 Å². The molecule has 3 aromatic carbocycles. The van der Waals surface area contributed by atoms with E-state index in [1.54, 1.807) is 6.07 Å². The number of nitrogens with one attached hydrogen (secondary N) is 1. The van der Waals surface area contributed by atoms with Crippen LogP contribution in [0.1, 0.15) is 31.0 Å². The number of rotatable bonds is 8. The third-order valence-electron chi connectivity index (χ3n) is 6.10. The van der Waals surface area contributed by atoms with Gasteiger partial charge in [-0.25, -0.2) is 0 Å². The molecule has 1 aliphatic heterocycles. The van der Waals surface area contributed by atoms with Crippen LogP contribution in [0.15, 0.2) is 78.9 Å². The Morgan fingerprint density at radius 3 is 1.97 bits per heavy atom. The normalized spacial score (nSPS) is 14.6. The molecule has 1 heterocycles. The van der Waals surface area contributed by atoms with Crippen LogP contribution in [0.4, 0.5) is 17.1 Å².